The number of ketones is 1. The van der Waals surface area contributed by atoms with Crippen molar-refractivity contribution in [3.8, 4) is 0 Å². The van der Waals surface area contributed by atoms with Gasteiger partial charge in [0.25, 0.3) is 0 Å². The Morgan fingerprint density at radius 1 is 1.29 bits per heavy atom. The van der Waals surface area contributed by atoms with Crippen molar-refractivity contribution < 1.29 is 15.0 Å². The Morgan fingerprint density at radius 2 is 1.86 bits per heavy atom. The second-order valence-corrected chi connectivity index (χ2v) is 4.05. The molecule has 2 N–H and O–H groups in total. The van der Waals surface area contributed by atoms with Crippen molar-refractivity contribution in [2.75, 3.05) is 19.6 Å². The van der Waals surface area contributed by atoms with E-state index in [-0.39, 0.29) is 5.78 Å². The topological polar surface area (TPSA) is 60.8 Å². The normalized spacial score (nSPS) is 28.2. The van der Waals surface area contributed by atoms with Crippen LogP contribution in [0.2, 0.25) is 0 Å². The van der Waals surface area contributed by atoms with Crippen LogP contribution in [0.25, 0.3) is 0 Å². The van der Waals surface area contributed by atoms with Crippen LogP contribution in [0, 0.1) is 0 Å². The SMILES string of the molecule is CC(=O)CCCCN1CC(O)C(O)C1. The number of aliphatic hydroxyl groups excluding tert-OH is 2. The van der Waals surface area contributed by atoms with E-state index < -0.39 is 12.2 Å². The minimum absolute atomic E-state index is 0.228. The highest BCUT2D eigenvalue weighted by atomic mass is 16.3. The van der Waals surface area contributed by atoms with Gasteiger partial charge < -0.3 is 15.0 Å². The lowest BCUT2D eigenvalue weighted by Crippen LogP contribution is -2.23. The number of aliphatic hydroxyl groups is 2. The van der Waals surface area contributed by atoms with Crippen LogP contribution in [-0.4, -0.2) is 52.7 Å². The average Bonchev–Trinajstić information content (AvgIpc) is 2.40. The summed E-state index contributed by atoms with van der Waals surface area (Å²) in [5.74, 6) is 0.228. The molecule has 4 nitrogen and oxygen atoms in total. The van der Waals surface area contributed by atoms with Crippen molar-refractivity contribution in [1.29, 1.82) is 0 Å². The first-order valence-corrected chi connectivity index (χ1v) is 5.17. The fraction of sp³-hybridized carbons (Fsp3) is 0.900. The molecule has 4 heteroatoms. The molecule has 0 amide bonds. The van der Waals surface area contributed by atoms with Crippen molar-refractivity contribution in [1.82, 2.24) is 4.90 Å². The predicted octanol–water partition coefficient (Wildman–Crippen LogP) is -0.217. The molecule has 0 aromatic heterocycles. The monoisotopic (exact) mass is 201 g/mol. The molecule has 82 valence electrons. The number of Topliss-reactive ketones (excluding diaryl/α,β-unsaturated/α-hetero) is 1. The molecule has 0 spiro atoms. The van der Waals surface area contributed by atoms with Gasteiger partial charge in [-0.15, -0.1) is 0 Å². The Balaban J connectivity index is 2.06. The van der Waals surface area contributed by atoms with E-state index in [2.05, 4.69) is 0 Å². The quantitative estimate of drug-likeness (QED) is 0.604. The zero-order valence-corrected chi connectivity index (χ0v) is 8.65. The van der Waals surface area contributed by atoms with Gasteiger partial charge in [0, 0.05) is 19.5 Å². The zero-order chi connectivity index (χ0) is 10.6. The molecule has 1 fully saturated rings. The van der Waals surface area contributed by atoms with Gasteiger partial charge in [-0.2, -0.15) is 0 Å². The molecule has 1 saturated heterocycles. The third-order valence-corrected chi connectivity index (χ3v) is 2.59. The molecule has 0 saturated carbocycles. The summed E-state index contributed by atoms with van der Waals surface area (Å²) >= 11 is 0. The Morgan fingerprint density at radius 3 is 2.36 bits per heavy atom. The van der Waals surface area contributed by atoms with Gasteiger partial charge >= 0.3 is 0 Å². The van der Waals surface area contributed by atoms with Gasteiger partial charge in [-0.25, -0.2) is 0 Å². The number of nitrogens with zero attached hydrogens (tertiary/aromatic N) is 1. The third-order valence-electron chi connectivity index (χ3n) is 2.59. The highest BCUT2D eigenvalue weighted by Gasteiger charge is 2.28. The van der Waals surface area contributed by atoms with Crippen LogP contribution in [0.3, 0.4) is 0 Å². The maximum atomic E-state index is 10.7. The lowest BCUT2D eigenvalue weighted by atomic mass is 10.2. The third kappa shape index (κ3) is 3.74. The van der Waals surface area contributed by atoms with Crippen LogP contribution in [0.1, 0.15) is 26.2 Å². The summed E-state index contributed by atoms with van der Waals surface area (Å²) in [5.41, 5.74) is 0. The van der Waals surface area contributed by atoms with E-state index in [9.17, 15) is 15.0 Å². The molecule has 0 aromatic carbocycles. The number of carbonyl (C=O) groups excluding carboxylic acids is 1. The molecule has 2 unspecified atom stereocenters. The number of carbonyl (C=O) groups is 1. The molecule has 14 heavy (non-hydrogen) atoms. The van der Waals surface area contributed by atoms with Gasteiger partial charge in [0.15, 0.2) is 0 Å². The van der Waals surface area contributed by atoms with Gasteiger partial charge in [0.05, 0.1) is 12.2 Å². The maximum absolute atomic E-state index is 10.7. The first-order chi connectivity index (χ1) is 6.59. The molecular weight excluding hydrogens is 182 g/mol. The van der Waals surface area contributed by atoms with Gasteiger partial charge in [-0.05, 0) is 26.3 Å². The van der Waals surface area contributed by atoms with E-state index in [0.717, 1.165) is 19.4 Å². The zero-order valence-electron chi connectivity index (χ0n) is 8.65. The Hall–Kier alpha value is -0.450. The fourth-order valence-corrected chi connectivity index (χ4v) is 1.74. The molecule has 2 atom stereocenters. The summed E-state index contributed by atoms with van der Waals surface area (Å²) < 4.78 is 0. The summed E-state index contributed by atoms with van der Waals surface area (Å²) in [6.45, 7) is 3.58. The summed E-state index contributed by atoms with van der Waals surface area (Å²) in [6.07, 6.45) is 1.31. The van der Waals surface area contributed by atoms with Gasteiger partial charge in [0.1, 0.15) is 5.78 Å². The second kappa shape index (κ2) is 5.44. The van der Waals surface area contributed by atoms with Crippen molar-refractivity contribution in [2.45, 2.75) is 38.4 Å². The summed E-state index contributed by atoms with van der Waals surface area (Å²) in [5, 5.41) is 18.5. The molecule has 1 aliphatic rings. The fourth-order valence-electron chi connectivity index (χ4n) is 1.74. The van der Waals surface area contributed by atoms with Crippen LogP contribution >= 0.6 is 0 Å². The Kier molecular flexibility index (Phi) is 4.51. The number of hydrogen-bond acceptors (Lipinski definition) is 4. The largest absolute Gasteiger partial charge is 0.389 e. The highest BCUT2D eigenvalue weighted by molar-refractivity contribution is 5.75. The van der Waals surface area contributed by atoms with E-state index in [4.69, 9.17) is 0 Å². The average molecular weight is 201 g/mol. The highest BCUT2D eigenvalue weighted by Crippen LogP contribution is 2.11. The maximum Gasteiger partial charge on any atom is 0.129 e. The molecule has 1 heterocycles. The summed E-state index contributed by atoms with van der Waals surface area (Å²) in [7, 11) is 0. The van der Waals surface area contributed by atoms with Crippen LogP contribution in [0.4, 0.5) is 0 Å². The Labute approximate surface area is 84.5 Å². The molecule has 0 bridgehead atoms. The van der Waals surface area contributed by atoms with Crippen LogP contribution in [0.5, 0.6) is 0 Å². The number of likely N-dealkylation sites (tertiary alicyclic amines) is 1. The number of unbranched alkanes of at least 4 members (excludes halogenated alkanes) is 1. The van der Waals surface area contributed by atoms with Gasteiger partial charge in [-0.3, -0.25) is 4.90 Å². The summed E-state index contributed by atoms with van der Waals surface area (Å²) in [4.78, 5) is 12.7. The van der Waals surface area contributed by atoms with E-state index in [0.29, 0.717) is 19.5 Å². The van der Waals surface area contributed by atoms with E-state index >= 15 is 0 Å². The molecule has 1 rings (SSSR count). The smallest absolute Gasteiger partial charge is 0.129 e. The first kappa shape index (κ1) is 11.6. The Bertz CT molecular complexity index is 186. The van der Waals surface area contributed by atoms with E-state index in [1.807, 2.05) is 4.90 Å². The summed E-state index contributed by atoms with van der Waals surface area (Å²) in [6, 6.07) is 0. The van der Waals surface area contributed by atoms with Crippen molar-refractivity contribution in [3.63, 3.8) is 0 Å². The second-order valence-electron chi connectivity index (χ2n) is 4.05. The van der Waals surface area contributed by atoms with Gasteiger partial charge in [-0.1, -0.05) is 0 Å². The van der Waals surface area contributed by atoms with Crippen molar-refractivity contribution in [3.05, 3.63) is 0 Å². The lowest BCUT2D eigenvalue weighted by molar-refractivity contribution is -0.117. The minimum Gasteiger partial charge on any atom is -0.389 e. The molecule has 0 aromatic rings. The van der Waals surface area contributed by atoms with Crippen LogP contribution < -0.4 is 0 Å². The van der Waals surface area contributed by atoms with Crippen LogP contribution in [-0.2, 0) is 4.79 Å². The molecule has 0 radical (unpaired) electrons. The number of rotatable bonds is 5. The van der Waals surface area contributed by atoms with Gasteiger partial charge in [0.2, 0.25) is 0 Å². The number of hydrogen-bond donors (Lipinski definition) is 2. The van der Waals surface area contributed by atoms with Crippen LogP contribution in [0.15, 0.2) is 0 Å². The standard InChI is InChI=1S/C10H19NO3/c1-8(12)4-2-3-5-11-6-9(13)10(14)7-11/h9-10,13-14H,2-7H2,1H3. The van der Waals surface area contributed by atoms with Crippen molar-refractivity contribution >= 4 is 5.78 Å². The van der Waals surface area contributed by atoms with Crippen molar-refractivity contribution in [2.24, 2.45) is 0 Å². The lowest BCUT2D eigenvalue weighted by Gasteiger charge is -2.13. The molecular formula is C10H19NO3. The predicted molar refractivity (Wildman–Crippen MR) is 53.0 cm³/mol. The van der Waals surface area contributed by atoms with E-state index in [1.165, 1.54) is 0 Å². The number of β-amino-alcohol motifs (C(OH)–C–C–N with tert-alkyl or cyclic N) is 2. The minimum atomic E-state index is -0.595. The first-order valence-electron chi connectivity index (χ1n) is 5.17. The van der Waals surface area contributed by atoms with E-state index in [1.54, 1.807) is 6.92 Å². The molecule has 1 aliphatic heterocycles. The molecule has 0 aliphatic carbocycles.